The summed E-state index contributed by atoms with van der Waals surface area (Å²) >= 11 is 0. The Balaban J connectivity index is 1.97. The number of hydrogen-bond donors (Lipinski definition) is 0. The highest BCUT2D eigenvalue weighted by Crippen LogP contribution is 2.30. The van der Waals surface area contributed by atoms with Gasteiger partial charge in [0.25, 0.3) is 0 Å². The van der Waals surface area contributed by atoms with E-state index in [-0.39, 0.29) is 5.75 Å². The van der Waals surface area contributed by atoms with E-state index in [1.54, 1.807) is 12.4 Å². The van der Waals surface area contributed by atoms with Gasteiger partial charge in [-0.05, 0) is 31.4 Å². The van der Waals surface area contributed by atoms with Gasteiger partial charge in [0.1, 0.15) is 15.7 Å². The molecule has 2 heterocycles. The van der Waals surface area contributed by atoms with E-state index in [1.165, 1.54) is 6.26 Å². The van der Waals surface area contributed by atoms with E-state index < -0.39 is 9.84 Å². The van der Waals surface area contributed by atoms with Crippen molar-refractivity contribution in [1.82, 2.24) is 15.0 Å². The summed E-state index contributed by atoms with van der Waals surface area (Å²) in [7, 11) is -1.11. The zero-order chi connectivity index (χ0) is 16.4. The molecule has 0 bridgehead atoms. The highest BCUT2D eigenvalue weighted by Gasteiger charge is 2.22. The third-order valence-electron chi connectivity index (χ3n) is 3.99. The summed E-state index contributed by atoms with van der Waals surface area (Å²) in [5, 5.41) is 0. The van der Waals surface area contributed by atoms with E-state index in [0.29, 0.717) is 12.4 Å². The first-order valence-electron chi connectivity index (χ1n) is 7.63. The van der Waals surface area contributed by atoms with Crippen LogP contribution in [0.5, 0.6) is 0 Å². The molecule has 122 valence electrons. The standard InChI is InChI=1S/C16H20N4O2S/c1-20(9-10-23(2,21)22)16-13-6-3-7-14(13)18-15(19-16)12-5-4-8-17-11-12/h4-5,8,11H,3,6-7,9-10H2,1-2H3. The lowest BCUT2D eigenvalue weighted by Crippen LogP contribution is -2.27. The summed E-state index contributed by atoms with van der Waals surface area (Å²) < 4.78 is 22.8. The summed E-state index contributed by atoms with van der Waals surface area (Å²) in [6.07, 6.45) is 7.67. The molecule has 0 saturated heterocycles. The second kappa shape index (κ2) is 6.23. The largest absolute Gasteiger partial charge is 0.358 e. The highest BCUT2D eigenvalue weighted by atomic mass is 32.2. The molecule has 0 amide bonds. The molecule has 6 nitrogen and oxygen atoms in total. The Hall–Kier alpha value is -2.02. The van der Waals surface area contributed by atoms with Crippen LogP contribution in [0.3, 0.4) is 0 Å². The Kier molecular flexibility index (Phi) is 4.30. The molecule has 0 atom stereocenters. The number of sulfone groups is 1. The van der Waals surface area contributed by atoms with E-state index in [0.717, 1.165) is 41.9 Å². The first-order chi connectivity index (χ1) is 10.9. The van der Waals surface area contributed by atoms with Crippen LogP contribution in [0.15, 0.2) is 24.5 Å². The van der Waals surface area contributed by atoms with E-state index in [1.807, 2.05) is 24.1 Å². The molecule has 23 heavy (non-hydrogen) atoms. The highest BCUT2D eigenvalue weighted by molar-refractivity contribution is 7.90. The van der Waals surface area contributed by atoms with Crippen LogP contribution in [0.2, 0.25) is 0 Å². The average molecular weight is 332 g/mol. The summed E-state index contributed by atoms with van der Waals surface area (Å²) in [6, 6.07) is 3.79. The van der Waals surface area contributed by atoms with Crippen LogP contribution in [0.25, 0.3) is 11.4 Å². The Morgan fingerprint density at radius 2 is 2.09 bits per heavy atom. The van der Waals surface area contributed by atoms with Gasteiger partial charge in [0.05, 0.1) is 5.75 Å². The number of anilines is 1. The van der Waals surface area contributed by atoms with Gasteiger partial charge in [-0.2, -0.15) is 0 Å². The quantitative estimate of drug-likeness (QED) is 0.826. The van der Waals surface area contributed by atoms with Crippen LogP contribution in [0.4, 0.5) is 5.82 Å². The Labute approximate surface area is 136 Å². The molecular formula is C16H20N4O2S. The van der Waals surface area contributed by atoms with Crippen LogP contribution in [-0.2, 0) is 22.7 Å². The van der Waals surface area contributed by atoms with E-state index in [9.17, 15) is 8.42 Å². The second-order valence-electron chi connectivity index (χ2n) is 5.94. The molecule has 0 radical (unpaired) electrons. The number of aromatic nitrogens is 3. The van der Waals surface area contributed by atoms with Gasteiger partial charge in [0.2, 0.25) is 0 Å². The first-order valence-corrected chi connectivity index (χ1v) is 9.69. The maximum Gasteiger partial charge on any atom is 0.163 e. The van der Waals surface area contributed by atoms with Gasteiger partial charge in [-0.15, -0.1) is 0 Å². The van der Waals surface area contributed by atoms with Crippen molar-refractivity contribution in [2.24, 2.45) is 0 Å². The lowest BCUT2D eigenvalue weighted by molar-refractivity contribution is 0.601. The van der Waals surface area contributed by atoms with Crippen molar-refractivity contribution < 1.29 is 8.42 Å². The topological polar surface area (TPSA) is 76.1 Å². The SMILES string of the molecule is CN(CCS(C)(=O)=O)c1nc(-c2cccnc2)nc2c1CCC2. The molecule has 0 aliphatic heterocycles. The second-order valence-corrected chi connectivity index (χ2v) is 8.20. The summed E-state index contributed by atoms with van der Waals surface area (Å²) in [5.41, 5.74) is 3.09. The fraction of sp³-hybridized carbons (Fsp3) is 0.438. The predicted octanol–water partition coefficient (Wildman–Crippen LogP) is 1.51. The van der Waals surface area contributed by atoms with Crippen molar-refractivity contribution in [3.63, 3.8) is 0 Å². The average Bonchev–Trinajstić information content (AvgIpc) is 3.00. The van der Waals surface area contributed by atoms with Gasteiger partial charge in [-0.25, -0.2) is 18.4 Å². The minimum atomic E-state index is -3.00. The normalized spacial score (nSPS) is 13.8. The predicted molar refractivity (Wildman–Crippen MR) is 90.3 cm³/mol. The van der Waals surface area contributed by atoms with Crippen LogP contribution in [0, 0.1) is 0 Å². The summed E-state index contributed by atoms with van der Waals surface area (Å²) in [4.78, 5) is 15.4. The van der Waals surface area contributed by atoms with Crippen LogP contribution in [-0.4, -0.2) is 49.0 Å². The zero-order valence-electron chi connectivity index (χ0n) is 13.4. The van der Waals surface area contributed by atoms with Crippen molar-refractivity contribution in [2.75, 3.05) is 30.5 Å². The van der Waals surface area contributed by atoms with Crippen LogP contribution >= 0.6 is 0 Å². The fourth-order valence-corrected chi connectivity index (χ4v) is 3.37. The van der Waals surface area contributed by atoms with Gasteiger partial charge in [-0.1, -0.05) is 0 Å². The lowest BCUT2D eigenvalue weighted by Gasteiger charge is -2.21. The van der Waals surface area contributed by atoms with Crippen molar-refractivity contribution in [3.05, 3.63) is 35.8 Å². The molecular weight excluding hydrogens is 312 g/mol. The Bertz CT molecular complexity index is 806. The van der Waals surface area contributed by atoms with Crippen molar-refractivity contribution in [3.8, 4) is 11.4 Å². The number of pyridine rings is 1. The van der Waals surface area contributed by atoms with Crippen molar-refractivity contribution >= 4 is 15.7 Å². The third kappa shape index (κ3) is 3.67. The fourth-order valence-electron chi connectivity index (χ4n) is 2.76. The molecule has 0 saturated carbocycles. The van der Waals surface area contributed by atoms with Gasteiger partial charge < -0.3 is 4.90 Å². The number of hydrogen-bond acceptors (Lipinski definition) is 6. The third-order valence-corrected chi connectivity index (χ3v) is 4.91. The monoisotopic (exact) mass is 332 g/mol. The minimum absolute atomic E-state index is 0.116. The first kappa shape index (κ1) is 15.9. The number of fused-ring (bicyclic) bond motifs is 1. The van der Waals surface area contributed by atoms with Crippen molar-refractivity contribution in [2.45, 2.75) is 19.3 Å². The molecule has 0 unspecified atom stereocenters. The molecule has 1 aliphatic carbocycles. The number of nitrogens with zero attached hydrogens (tertiary/aromatic N) is 4. The van der Waals surface area contributed by atoms with Gasteiger partial charge in [-0.3, -0.25) is 4.98 Å². The van der Waals surface area contributed by atoms with E-state index in [2.05, 4.69) is 9.97 Å². The van der Waals surface area contributed by atoms with E-state index in [4.69, 9.17) is 4.98 Å². The molecule has 2 aromatic heterocycles. The molecule has 1 aliphatic rings. The maximum absolute atomic E-state index is 11.4. The van der Waals surface area contributed by atoms with Crippen molar-refractivity contribution in [1.29, 1.82) is 0 Å². The molecule has 0 fully saturated rings. The molecule has 3 rings (SSSR count). The van der Waals surface area contributed by atoms with E-state index >= 15 is 0 Å². The van der Waals surface area contributed by atoms with Crippen LogP contribution in [0.1, 0.15) is 17.7 Å². The molecule has 0 N–H and O–H groups in total. The number of aryl methyl sites for hydroxylation is 1. The zero-order valence-corrected chi connectivity index (χ0v) is 14.2. The van der Waals surface area contributed by atoms with Crippen LogP contribution < -0.4 is 4.90 Å². The smallest absolute Gasteiger partial charge is 0.163 e. The van der Waals surface area contributed by atoms with Gasteiger partial charge in [0.15, 0.2) is 5.82 Å². The van der Waals surface area contributed by atoms with Gasteiger partial charge in [0, 0.05) is 49.1 Å². The summed E-state index contributed by atoms with van der Waals surface area (Å²) in [5.74, 6) is 1.61. The molecule has 7 heteroatoms. The van der Waals surface area contributed by atoms with Gasteiger partial charge >= 0.3 is 0 Å². The Morgan fingerprint density at radius 3 is 2.78 bits per heavy atom. The molecule has 0 aromatic carbocycles. The maximum atomic E-state index is 11.4. The minimum Gasteiger partial charge on any atom is -0.358 e. The number of rotatable bonds is 5. The lowest BCUT2D eigenvalue weighted by atomic mass is 10.2. The molecule has 0 spiro atoms. The Morgan fingerprint density at radius 1 is 1.26 bits per heavy atom. The summed E-state index contributed by atoms with van der Waals surface area (Å²) in [6.45, 7) is 0.425. The molecule has 2 aromatic rings.